The van der Waals surface area contributed by atoms with Gasteiger partial charge in [-0.2, -0.15) is 0 Å². The Morgan fingerprint density at radius 3 is 2.88 bits per heavy atom. The molecule has 1 aliphatic rings. The molecule has 0 saturated heterocycles. The van der Waals surface area contributed by atoms with Crippen molar-refractivity contribution in [2.24, 2.45) is 11.8 Å². The number of carboxylic acid groups (broad SMARTS) is 1. The highest BCUT2D eigenvalue weighted by Gasteiger charge is 2.30. The van der Waals surface area contributed by atoms with Crippen molar-refractivity contribution in [1.82, 2.24) is 4.98 Å². The Kier molecular flexibility index (Phi) is 3.54. The predicted octanol–water partition coefficient (Wildman–Crippen LogP) is 2.52. The SMILES string of the molecule is O=C(O)C1CCCCC1Cc1ccccn1. The minimum Gasteiger partial charge on any atom is -0.481 e. The van der Waals surface area contributed by atoms with Crippen molar-refractivity contribution >= 4 is 5.97 Å². The molecular weight excluding hydrogens is 202 g/mol. The van der Waals surface area contributed by atoms with Gasteiger partial charge >= 0.3 is 5.97 Å². The number of carbonyl (C=O) groups is 1. The van der Waals surface area contributed by atoms with Gasteiger partial charge in [0, 0.05) is 11.9 Å². The van der Waals surface area contributed by atoms with E-state index in [1.54, 1.807) is 6.20 Å². The van der Waals surface area contributed by atoms with Crippen molar-refractivity contribution in [3.05, 3.63) is 30.1 Å². The van der Waals surface area contributed by atoms with Crippen LogP contribution in [-0.4, -0.2) is 16.1 Å². The zero-order valence-electron chi connectivity index (χ0n) is 9.30. The average Bonchev–Trinajstić information content (AvgIpc) is 2.31. The zero-order valence-corrected chi connectivity index (χ0v) is 9.30. The first kappa shape index (κ1) is 11.1. The summed E-state index contributed by atoms with van der Waals surface area (Å²) < 4.78 is 0. The molecule has 0 bridgehead atoms. The second-order valence-corrected chi connectivity index (χ2v) is 4.51. The summed E-state index contributed by atoms with van der Waals surface area (Å²) in [6.07, 6.45) is 6.63. The lowest BCUT2D eigenvalue weighted by atomic mass is 9.77. The summed E-state index contributed by atoms with van der Waals surface area (Å²) in [5.74, 6) is -0.544. The summed E-state index contributed by atoms with van der Waals surface area (Å²) in [7, 11) is 0. The molecule has 1 N–H and O–H groups in total. The molecule has 1 heterocycles. The molecule has 0 amide bonds. The van der Waals surface area contributed by atoms with Crippen LogP contribution in [0, 0.1) is 11.8 Å². The first-order valence-corrected chi connectivity index (χ1v) is 5.90. The smallest absolute Gasteiger partial charge is 0.306 e. The number of nitrogens with zero attached hydrogens (tertiary/aromatic N) is 1. The van der Waals surface area contributed by atoms with Crippen molar-refractivity contribution in [3.63, 3.8) is 0 Å². The molecule has 0 aliphatic heterocycles. The van der Waals surface area contributed by atoms with Crippen LogP contribution < -0.4 is 0 Å². The lowest BCUT2D eigenvalue weighted by Crippen LogP contribution is -2.28. The van der Waals surface area contributed by atoms with Gasteiger partial charge in [-0.25, -0.2) is 0 Å². The standard InChI is InChI=1S/C13H17NO2/c15-13(16)12-7-2-1-5-10(12)9-11-6-3-4-8-14-11/h3-4,6,8,10,12H,1-2,5,7,9H2,(H,15,16). The third kappa shape index (κ3) is 2.60. The second-order valence-electron chi connectivity index (χ2n) is 4.51. The summed E-state index contributed by atoms with van der Waals surface area (Å²) in [4.78, 5) is 15.4. The van der Waals surface area contributed by atoms with Gasteiger partial charge in [-0.1, -0.05) is 18.9 Å². The summed E-state index contributed by atoms with van der Waals surface area (Å²) in [6.45, 7) is 0. The van der Waals surface area contributed by atoms with Gasteiger partial charge in [-0.15, -0.1) is 0 Å². The van der Waals surface area contributed by atoms with Gasteiger partial charge in [0.25, 0.3) is 0 Å². The number of carboxylic acids is 1. The fourth-order valence-corrected chi connectivity index (χ4v) is 2.56. The molecular formula is C13H17NO2. The molecule has 86 valence electrons. The average molecular weight is 219 g/mol. The lowest BCUT2D eigenvalue weighted by molar-refractivity contribution is -0.144. The Balaban J connectivity index is 2.04. The van der Waals surface area contributed by atoms with Crippen LogP contribution in [0.2, 0.25) is 0 Å². The van der Waals surface area contributed by atoms with Crippen molar-refractivity contribution in [1.29, 1.82) is 0 Å². The third-order valence-corrected chi connectivity index (χ3v) is 3.42. The molecule has 3 nitrogen and oxygen atoms in total. The van der Waals surface area contributed by atoms with Crippen LogP contribution in [0.3, 0.4) is 0 Å². The maximum absolute atomic E-state index is 11.1. The zero-order chi connectivity index (χ0) is 11.4. The number of aliphatic carboxylic acids is 1. The molecule has 1 saturated carbocycles. The van der Waals surface area contributed by atoms with Gasteiger partial charge in [-0.05, 0) is 37.3 Å². The van der Waals surface area contributed by atoms with Gasteiger partial charge < -0.3 is 5.11 Å². The molecule has 0 radical (unpaired) electrons. The van der Waals surface area contributed by atoms with Gasteiger partial charge in [-0.3, -0.25) is 9.78 Å². The highest BCUT2D eigenvalue weighted by atomic mass is 16.4. The quantitative estimate of drug-likeness (QED) is 0.849. The molecule has 2 atom stereocenters. The number of hydrogen-bond donors (Lipinski definition) is 1. The molecule has 1 aliphatic carbocycles. The summed E-state index contributed by atoms with van der Waals surface area (Å²) in [5.41, 5.74) is 1.01. The highest BCUT2D eigenvalue weighted by Crippen LogP contribution is 2.32. The number of pyridine rings is 1. The van der Waals surface area contributed by atoms with E-state index in [9.17, 15) is 4.79 Å². The first-order chi connectivity index (χ1) is 7.77. The van der Waals surface area contributed by atoms with Crippen molar-refractivity contribution < 1.29 is 9.90 Å². The summed E-state index contributed by atoms with van der Waals surface area (Å²) in [6, 6.07) is 5.83. The van der Waals surface area contributed by atoms with Crippen molar-refractivity contribution in [3.8, 4) is 0 Å². The Morgan fingerprint density at radius 1 is 1.38 bits per heavy atom. The molecule has 1 aromatic rings. The van der Waals surface area contributed by atoms with E-state index in [0.29, 0.717) is 0 Å². The summed E-state index contributed by atoms with van der Waals surface area (Å²) >= 11 is 0. The molecule has 1 fully saturated rings. The largest absolute Gasteiger partial charge is 0.481 e. The second kappa shape index (κ2) is 5.10. The van der Waals surface area contributed by atoms with E-state index in [1.807, 2.05) is 18.2 Å². The fraction of sp³-hybridized carbons (Fsp3) is 0.538. The normalized spacial score (nSPS) is 25.2. The van der Waals surface area contributed by atoms with Crippen LogP contribution in [0.15, 0.2) is 24.4 Å². The molecule has 2 unspecified atom stereocenters. The van der Waals surface area contributed by atoms with Crippen molar-refractivity contribution in [2.45, 2.75) is 32.1 Å². The highest BCUT2D eigenvalue weighted by molar-refractivity contribution is 5.70. The van der Waals surface area contributed by atoms with Crippen LogP contribution >= 0.6 is 0 Å². The fourth-order valence-electron chi connectivity index (χ4n) is 2.56. The molecule has 0 spiro atoms. The third-order valence-electron chi connectivity index (χ3n) is 3.42. The van der Waals surface area contributed by atoms with E-state index in [4.69, 9.17) is 5.11 Å². The summed E-state index contributed by atoms with van der Waals surface area (Å²) in [5, 5.41) is 9.17. The van der Waals surface area contributed by atoms with Gasteiger partial charge in [0.2, 0.25) is 0 Å². The number of rotatable bonds is 3. The number of aromatic nitrogens is 1. The van der Waals surface area contributed by atoms with Crippen LogP contribution in [-0.2, 0) is 11.2 Å². The van der Waals surface area contributed by atoms with Crippen LogP contribution in [0.4, 0.5) is 0 Å². The van der Waals surface area contributed by atoms with Gasteiger partial charge in [0.15, 0.2) is 0 Å². The van der Waals surface area contributed by atoms with Gasteiger partial charge in [0.1, 0.15) is 0 Å². The predicted molar refractivity (Wildman–Crippen MR) is 61.0 cm³/mol. The first-order valence-electron chi connectivity index (χ1n) is 5.90. The van der Waals surface area contributed by atoms with E-state index in [-0.39, 0.29) is 11.8 Å². The molecule has 3 heteroatoms. The van der Waals surface area contributed by atoms with Crippen LogP contribution in [0.1, 0.15) is 31.4 Å². The Hall–Kier alpha value is -1.38. The molecule has 16 heavy (non-hydrogen) atoms. The minimum absolute atomic E-state index is 0.171. The maximum Gasteiger partial charge on any atom is 0.306 e. The topological polar surface area (TPSA) is 50.2 Å². The van der Waals surface area contributed by atoms with E-state index in [1.165, 1.54) is 0 Å². The number of hydrogen-bond acceptors (Lipinski definition) is 2. The van der Waals surface area contributed by atoms with E-state index in [0.717, 1.165) is 37.8 Å². The Labute approximate surface area is 95.5 Å². The molecule has 1 aromatic heterocycles. The van der Waals surface area contributed by atoms with Gasteiger partial charge in [0.05, 0.1) is 5.92 Å². The van der Waals surface area contributed by atoms with Crippen LogP contribution in [0.25, 0.3) is 0 Å². The maximum atomic E-state index is 11.1. The van der Waals surface area contributed by atoms with E-state index in [2.05, 4.69) is 4.98 Å². The van der Waals surface area contributed by atoms with E-state index < -0.39 is 5.97 Å². The van der Waals surface area contributed by atoms with Crippen LogP contribution in [0.5, 0.6) is 0 Å². The van der Waals surface area contributed by atoms with E-state index >= 15 is 0 Å². The lowest BCUT2D eigenvalue weighted by Gasteiger charge is -2.28. The minimum atomic E-state index is -0.638. The Bertz CT molecular complexity index is 350. The van der Waals surface area contributed by atoms with Crippen molar-refractivity contribution in [2.75, 3.05) is 0 Å². The monoisotopic (exact) mass is 219 g/mol. The molecule has 0 aromatic carbocycles. The molecule has 2 rings (SSSR count). The Morgan fingerprint density at radius 2 is 2.19 bits per heavy atom.